The van der Waals surface area contributed by atoms with Crippen molar-refractivity contribution < 1.29 is 9.90 Å². The van der Waals surface area contributed by atoms with Crippen LogP contribution in [0.15, 0.2) is 24.3 Å². The third-order valence-electron chi connectivity index (χ3n) is 4.02. The number of carbonyl (C=O) groups excluding carboxylic acids is 1. The SMILES string of the molecule is O=C(CCc1nc2ccccc2s1)N1CCCC(CO)C1. The Bertz CT molecular complexity index is 593. The van der Waals surface area contributed by atoms with E-state index in [9.17, 15) is 9.90 Å². The first-order valence-electron chi connectivity index (χ1n) is 7.49. The highest BCUT2D eigenvalue weighted by molar-refractivity contribution is 7.18. The molecule has 0 spiro atoms. The van der Waals surface area contributed by atoms with Crippen LogP contribution in [0.3, 0.4) is 0 Å². The molecule has 4 nitrogen and oxygen atoms in total. The molecular formula is C16H20N2O2S. The second kappa shape index (κ2) is 6.54. The molecule has 1 aromatic heterocycles. The number of piperidine rings is 1. The molecule has 0 bridgehead atoms. The number of benzene rings is 1. The van der Waals surface area contributed by atoms with Crippen molar-refractivity contribution in [2.24, 2.45) is 5.92 Å². The number of amides is 1. The number of carbonyl (C=O) groups is 1. The third-order valence-corrected chi connectivity index (χ3v) is 5.12. The van der Waals surface area contributed by atoms with E-state index in [1.54, 1.807) is 11.3 Å². The zero-order chi connectivity index (χ0) is 14.7. The minimum Gasteiger partial charge on any atom is -0.396 e. The molecule has 1 saturated heterocycles. The van der Waals surface area contributed by atoms with Gasteiger partial charge < -0.3 is 10.0 Å². The number of para-hydroxylation sites is 1. The molecule has 21 heavy (non-hydrogen) atoms. The third kappa shape index (κ3) is 3.41. The lowest BCUT2D eigenvalue weighted by molar-refractivity contribution is -0.133. The first-order valence-corrected chi connectivity index (χ1v) is 8.31. The van der Waals surface area contributed by atoms with Gasteiger partial charge in [-0.1, -0.05) is 12.1 Å². The molecular weight excluding hydrogens is 284 g/mol. The summed E-state index contributed by atoms with van der Waals surface area (Å²) in [6.45, 7) is 1.71. The molecule has 0 radical (unpaired) electrons. The van der Waals surface area contributed by atoms with Crippen LogP contribution in [0.25, 0.3) is 10.2 Å². The van der Waals surface area contributed by atoms with Gasteiger partial charge in [-0.2, -0.15) is 0 Å². The average molecular weight is 304 g/mol. The highest BCUT2D eigenvalue weighted by atomic mass is 32.1. The molecule has 1 aliphatic rings. The number of hydrogen-bond acceptors (Lipinski definition) is 4. The fourth-order valence-corrected chi connectivity index (χ4v) is 3.81. The lowest BCUT2D eigenvalue weighted by Gasteiger charge is -2.31. The summed E-state index contributed by atoms with van der Waals surface area (Å²) in [5.74, 6) is 0.442. The lowest BCUT2D eigenvalue weighted by atomic mass is 9.99. The number of hydrogen-bond donors (Lipinski definition) is 1. The van der Waals surface area contributed by atoms with Gasteiger partial charge in [-0.25, -0.2) is 4.98 Å². The summed E-state index contributed by atoms with van der Waals surface area (Å²) >= 11 is 1.67. The zero-order valence-electron chi connectivity index (χ0n) is 12.0. The maximum atomic E-state index is 12.3. The summed E-state index contributed by atoms with van der Waals surface area (Å²) < 4.78 is 1.18. The Morgan fingerprint density at radius 1 is 1.43 bits per heavy atom. The fraction of sp³-hybridized carbons (Fsp3) is 0.500. The van der Waals surface area contributed by atoms with Crippen LogP contribution >= 0.6 is 11.3 Å². The molecule has 5 heteroatoms. The van der Waals surface area contributed by atoms with Gasteiger partial charge in [-0.15, -0.1) is 11.3 Å². The minimum atomic E-state index is 0.182. The van der Waals surface area contributed by atoms with Crippen LogP contribution in [0.1, 0.15) is 24.3 Å². The standard InChI is InChI=1S/C16H20N2O2S/c19-11-12-4-3-9-18(10-12)16(20)8-7-15-17-13-5-1-2-6-14(13)21-15/h1-2,5-6,12,19H,3-4,7-11H2. The molecule has 3 rings (SSSR count). The van der Waals surface area contributed by atoms with Gasteiger partial charge >= 0.3 is 0 Å². The van der Waals surface area contributed by atoms with Gasteiger partial charge in [0.25, 0.3) is 0 Å². The zero-order valence-corrected chi connectivity index (χ0v) is 12.8. The molecule has 1 N–H and O–H groups in total. The van der Waals surface area contributed by atoms with Crippen molar-refractivity contribution in [3.8, 4) is 0 Å². The summed E-state index contributed by atoms with van der Waals surface area (Å²) in [7, 11) is 0. The molecule has 1 atom stereocenters. The first kappa shape index (κ1) is 14.5. The number of aryl methyl sites for hydroxylation is 1. The van der Waals surface area contributed by atoms with Gasteiger partial charge in [0.05, 0.1) is 15.2 Å². The van der Waals surface area contributed by atoms with Crippen molar-refractivity contribution >= 4 is 27.5 Å². The van der Waals surface area contributed by atoms with Crippen LogP contribution in [0.2, 0.25) is 0 Å². The predicted octanol–water partition coefficient (Wildman–Crippen LogP) is 2.46. The number of nitrogens with zero attached hydrogens (tertiary/aromatic N) is 2. The van der Waals surface area contributed by atoms with Gasteiger partial charge in [-0.3, -0.25) is 4.79 Å². The van der Waals surface area contributed by atoms with E-state index in [1.807, 2.05) is 23.1 Å². The molecule has 1 unspecified atom stereocenters. The quantitative estimate of drug-likeness (QED) is 0.944. The Morgan fingerprint density at radius 3 is 3.10 bits per heavy atom. The average Bonchev–Trinajstić information content (AvgIpc) is 2.95. The molecule has 0 saturated carbocycles. The Morgan fingerprint density at radius 2 is 2.29 bits per heavy atom. The van der Waals surface area contributed by atoms with Gasteiger partial charge in [0.1, 0.15) is 0 Å². The second-order valence-corrected chi connectivity index (χ2v) is 6.72. The van der Waals surface area contributed by atoms with E-state index >= 15 is 0 Å². The molecule has 1 fully saturated rings. The number of likely N-dealkylation sites (tertiary alicyclic amines) is 1. The van der Waals surface area contributed by atoms with E-state index in [4.69, 9.17) is 0 Å². The van der Waals surface area contributed by atoms with E-state index < -0.39 is 0 Å². The highest BCUT2D eigenvalue weighted by Crippen LogP contribution is 2.23. The molecule has 0 aliphatic carbocycles. The topological polar surface area (TPSA) is 53.4 Å². The van der Waals surface area contributed by atoms with Gasteiger partial charge in [0, 0.05) is 32.5 Å². The summed E-state index contributed by atoms with van der Waals surface area (Å²) in [4.78, 5) is 18.7. The molecule has 1 aliphatic heterocycles. The number of aliphatic hydroxyl groups is 1. The Hall–Kier alpha value is -1.46. The maximum absolute atomic E-state index is 12.3. The van der Waals surface area contributed by atoms with E-state index in [2.05, 4.69) is 11.1 Å². The van der Waals surface area contributed by atoms with Crippen molar-refractivity contribution in [1.82, 2.24) is 9.88 Å². The number of thiazole rings is 1. The Balaban J connectivity index is 1.57. The first-order chi connectivity index (χ1) is 10.3. The van der Waals surface area contributed by atoms with E-state index in [-0.39, 0.29) is 18.4 Å². The van der Waals surface area contributed by atoms with E-state index in [0.717, 1.165) is 29.9 Å². The summed E-state index contributed by atoms with van der Waals surface area (Å²) in [5, 5.41) is 10.3. The number of rotatable bonds is 4. The summed E-state index contributed by atoms with van der Waals surface area (Å²) in [6.07, 6.45) is 3.24. The summed E-state index contributed by atoms with van der Waals surface area (Å²) in [6, 6.07) is 8.07. The van der Waals surface area contributed by atoms with E-state index in [0.29, 0.717) is 19.4 Å². The molecule has 2 heterocycles. The van der Waals surface area contributed by atoms with Crippen LogP contribution in [0.4, 0.5) is 0 Å². The fourth-order valence-electron chi connectivity index (χ4n) is 2.84. The molecule has 1 aromatic carbocycles. The van der Waals surface area contributed by atoms with Crippen LogP contribution in [0.5, 0.6) is 0 Å². The molecule has 1 amide bonds. The number of aliphatic hydroxyl groups excluding tert-OH is 1. The van der Waals surface area contributed by atoms with E-state index in [1.165, 1.54) is 4.70 Å². The molecule has 2 aromatic rings. The van der Waals surface area contributed by atoms with Gasteiger partial charge in [0.2, 0.25) is 5.91 Å². The number of aromatic nitrogens is 1. The van der Waals surface area contributed by atoms with Gasteiger partial charge in [0.15, 0.2) is 0 Å². The van der Waals surface area contributed by atoms with Crippen molar-refractivity contribution in [3.63, 3.8) is 0 Å². The van der Waals surface area contributed by atoms with Crippen LogP contribution in [0, 0.1) is 5.92 Å². The van der Waals surface area contributed by atoms with Gasteiger partial charge in [-0.05, 0) is 30.9 Å². The Labute approximate surface area is 128 Å². The van der Waals surface area contributed by atoms with Crippen molar-refractivity contribution in [3.05, 3.63) is 29.3 Å². The number of fused-ring (bicyclic) bond motifs is 1. The largest absolute Gasteiger partial charge is 0.396 e. The summed E-state index contributed by atoms with van der Waals surface area (Å²) in [5.41, 5.74) is 1.02. The normalized spacial score (nSPS) is 19.1. The van der Waals surface area contributed by atoms with Crippen LogP contribution in [-0.4, -0.2) is 40.6 Å². The van der Waals surface area contributed by atoms with Crippen LogP contribution in [-0.2, 0) is 11.2 Å². The Kier molecular flexibility index (Phi) is 4.51. The second-order valence-electron chi connectivity index (χ2n) is 5.61. The maximum Gasteiger partial charge on any atom is 0.222 e. The minimum absolute atomic E-state index is 0.182. The van der Waals surface area contributed by atoms with Crippen molar-refractivity contribution in [1.29, 1.82) is 0 Å². The monoisotopic (exact) mass is 304 g/mol. The predicted molar refractivity (Wildman–Crippen MR) is 84.3 cm³/mol. The lowest BCUT2D eigenvalue weighted by Crippen LogP contribution is -2.41. The van der Waals surface area contributed by atoms with Crippen LogP contribution < -0.4 is 0 Å². The smallest absolute Gasteiger partial charge is 0.222 e. The van der Waals surface area contributed by atoms with Crippen molar-refractivity contribution in [2.45, 2.75) is 25.7 Å². The van der Waals surface area contributed by atoms with Crippen molar-refractivity contribution in [2.75, 3.05) is 19.7 Å². The molecule has 112 valence electrons. The highest BCUT2D eigenvalue weighted by Gasteiger charge is 2.22.